The highest BCUT2D eigenvalue weighted by molar-refractivity contribution is 7.89. The summed E-state index contributed by atoms with van der Waals surface area (Å²) in [5.41, 5.74) is 0.211. The molecule has 3 rings (SSSR count). The predicted octanol–water partition coefficient (Wildman–Crippen LogP) is 2.73. The molecule has 1 atom stereocenters. The third-order valence-corrected chi connectivity index (χ3v) is 6.66. The molecular formula is C20H22ClN3O7S. The molecule has 0 aliphatic carbocycles. The number of fused-ring (bicyclic) bond motifs is 1. The molecule has 12 heteroatoms. The Morgan fingerprint density at radius 2 is 1.91 bits per heavy atom. The molecule has 32 heavy (non-hydrogen) atoms. The summed E-state index contributed by atoms with van der Waals surface area (Å²) in [5, 5.41) is 11.2. The van der Waals surface area contributed by atoms with Crippen LogP contribution in [-0.2, 0) is 21.4 Å². The molecule has 0 aromatic heterocycles. The number of nitro benzene ring substituents is 1. The number of nitrogens with one attached hydrogen (secondary N) is 1. The van der Waals surface area contributed by atoms with Gasteiger partial charge in [-0.3, -0.25) is 14.9 Å². The molecule has 0 unspecified atom stereocenters. The van der Waals surface area contributed by atoms with E-state index in [-0.39, 0.29) is 22.2 Å². The number of likely N-dealkylation sites (N-methyl/N-ethyl adjacent to an activating group) is 1. The van der Waals surface area contributed by atoms with Gasteiger partial charge >= 0.3 is 0 Å². The van der Waals surface area contributed by atoms with E-state index in [1.54, 1.807) is 0 Å². The first-order chi connectivity index (χ1) is 15.1. The molecule has 0 bridgehead atoms. The second kappa shape index (κ2) is 9.72. The van der Waals surface area contributed by atoms with Gasteiger partial charge in [0.1, 0.15) is 0 Å². The number of nitrogens with zero attached hydrogens (tertiary/aromatic N) is 2. The molecule has 2 aromatic rings. The van der Waals surface area contributed by atoms with Crippen LogP contribution >= 0.6 is 11.6 Å². The lowest BCUT2D eigenvalue weighted by Gasteiger charge is -2.22. The number of sulfonamides is 1. The van der Waals surface area contributed by atoms with Crippen molar-refractivity contribution in [3.63, 3.8) is 0 Å². The van der Waals surface area contributed by atoms with E-state index in [0.29, 0.717) is 36.7 Å². The van der Waals surface area contributed by atoms with Gasteiger partial charge in [-0.15, -0.1) is 0 Å². The van der Waals surface area contributed by atoms with E-state index in [4.69, 9.17) is 21.1 Å². The Morgan fingerprint density at radius 1 is 1.22 bits per heavy atom. The number of nitro groups is 1. The van der Waals surface area contributed by atoms with Gasteiger partial charge in [-0.1, -0.05) is 11.6 Å². The maximum absolute atomic E-state index is 12.8. The lowest BCUT2D eigenvalue weighted by molar-refractivity contribution is -0.384. The Hall–Kier alpha value is -2.89. The maximum atomic E-state index is 12.8. The number of rotatable bonds is 7. The zero-order valence-corrected chi connectivity index (χ0v) is 19.0. The summed E-state index contributed by atoms with van der Waals surface area (Å²) in [6.45, 7) is 2.26. The van der Waals surface area contributed by atoms with Gasteiger partial charge in [0, 0.05) is 43.2 Å². The van der Waals surface area contributed by atoms with Gasteiger partial charge in [0.2, 0.25) is 15.9 Å². The van der Waals surface area contributed by atoms with Crippen molar-refractivity contribution in [2.24, 2.45) is 0 Å². The summed E-state index contributed by atoms with van der Waals surface area (Å²) in [5.74, 6) is 0.242. The number of non-ortho nitro benzene ring substituents is 1. The van der Waals surface area contributed by atoms with Crippen LogP contribution in [0.15, 0.2) is 41.3 Å². The summed E-state index contributed by atoms with van der Waals surface area (Å²) in [6.07, 6.45) is 0.682. The minimum Gasteiger partial charge on any atom is -0.490 e. The molecule has 0 spiro atoms. The lowest BCUT2D eigenvalue weighted by atomic mass is 10.2. The van der Waals surface area contributed by atoms with Crippen LogP contribution in [0.3, 0.4) is 0 Å². The quantitative estimate of drug-likeness (QED) is 0.473. The van der Waals surface area contributed by atoms with E-state index in [2.05, 4.69) is 4.72 Å². The molecule has 1 heterocycles. The zero-order chi connectivity index (χ0) is 23.5. The second-order valence-corrected chi connectivity index (χ2v) is 9.35. The number of carbonyl (C=O) groups is 1. The van der Waals surface area contributed by atoms with E-state index in [9.17, 15) is 23.3 Å². The topological polar surface area (TPSA) is 128 Å². The van der Waals surface area contributed by atoms with Crippen molar-refractivity contribution in [2.45, 2.75) is 30.8 Å². The van der Waals surface area contributed by atoms with Gasteiger partial charge in [-0.2, -0.15) is 4.72 Å². The third-order valence-electron chi connectivity index (χ3n) is 4.76. The highest BCUT2D eigenvalue weighted by Crippen LogP contribution is 2.32. The molecule has 1 aliphatic heterocycles. The third kappa shape index (κ3) is 5.47. The molecule has 1 amide bonds. The van der Waals surface area contributed by atoms with Gasteiger partial charge < -0.3 is 14.4 Å². The number of ether oxygens (including phenoxy) is 2. The van der Waals surface area contributed by atoms with Crippen molar-refractivity contribution < 1.29 is 27.6 Å². The van der Waals surface area contributed by atoms with Gasteiger partial charge in [0.15, 0.2) is 11.5 Å². The lowest BCUT2D eigenvalue weighted by Crippen LogP contribution is -2.45. The van der Waals surface area contributed by atoms with Crippen LogP contribution in [0, 0.1) is 10.1 Å². The fraction of sp³-hybridized carbons (Fsp3) is 0.350. The summed E-state index contributed by atoms with van der Waals surface area (Å²) in [7, 11) is -2.58. The van der Waals surface area contributed by atoms with Gasteiger partial charge in [-0.05, 0) is 30.7 Å². The monoisotopic (exact) mass is 483 g/mol. The summed E-state index contributed by atoms with van der Waals surface area (Å²) < 4.78 is 39.0. The van der Waals surface area contributed by atoms with Crippen molar-refractivity contribution in [2.75, 3.05) is 20.3 Å². The highest BCUT2D eigenvalue weighted by Gasteiger charge is 2.26. The Bertz CT molecular complexity index is 1140. The fourth-order valence-corrected chi connectivity index (χ4v) is 4.51. The summed E-state index contributed by atoms with van der Waals surface area (Å²) in [4.78, 5) is 24.3. The van der Waals surface area contributed by atoms with E-state index in [1.807, 2.05) is 0 Å². The first kappa shape index (κ1) is 23.8. The van der Waals surface area contributed by atoms with Gasteiger partial charge in [0.25, 0.3) is 5.69 Å². The Labute approximate surface area is 190 Å². The fourth-order valence-electron chi connectivity index (χ4n) is 3.12. The molecule has 172 valence electrons. The van der Waals surface area contributed by atoms with Crippen LogP contribution in [0.1, 0.15) is 18.9 Å². The number of hydrogen-bond donors (Lipinski definition) is 1. The molecule has 2 aromatic carbocycles. The smallest absolute Gasteiger partial charge is 0.269 e. The number of benzene rings is 2. The number of halogens is 1. The highest BCUT2D eigenvalue weighted by atomic mass is 35.5. The standard InChI is InChI=1S/C20H22ClN3O7S/c1-13(20(25)23(2)12-14-10-15(24(26)27)4-6-17(14)21)22-32(28,29)16-5-7-18-19(11-16)31-9-3-8-30-18/h4-7,10-11,13,22H,3,8-9,12H2,1-2H3/t13-/m0/s1. The number of hydrogen-bond acceptors (Lipinski definition) is 7. The van der Waals surface area contributed by atoms with Gasteiger partial charge in [0.05, 0.1) is 29.1 Å². The van der Waals surface area contributed by atoms with Crippen molar-refractivity contribution in [3.05, 3.63) is 57.1 Å². The molecule has 1 N–H and O–H groups in total. The van der Waals surface area contributed by atoms with E-state index >= 15 is 0 Å². The van der Waals surface area contributed by atoms with Crippen LogP contribution in [0.4, 0.5) is 5.69 Å². The number of carbonyl (C=O) groups excluding carboxylic acids is 1. The minimum atomic E-state index is -4.03. The predicted molar refractivity (Wildman–Crippen MR) is 116 cm³/mol. The first-order valence-electron chi connectivity index (χ1n) is 9.68. The van der Waals surface area contributed by atoms with E-state index in [0.717, 1.165) is 0 Å². The second-order valence-electron chi connectivity index (χ2n) is 7.23. The molecule has 0 radical (unpaired) electrons. The van der Waals surface area contributed by atoms with Crippen LogP contribution < -0.4 is 14.2 Å². The van der Waals surface area contributed by atoms with Crippen LogP contribution in [-0.4, -0.2) is 50.5 Å². The Morgan fingerprint density at radius 3 is 2.59 bits per heavy atom. The van der Waals surface area contributed by atoms with Crippen LogP contribution in [0.5, 0.6) is 11.5 Å². The normalized spacial score (nSPS) is 14.3. The van der Waals surface area contributed by atoms with Crippen LogP contribution in [0.2, 0.25) is 5.02 Å². The number of amides is 1. The minimum absolute atomic E-state index is 0.0323. The molecule has 0 saturated heterocycles. The summed E-state index contributed by atoms with van der Waals surface area (Å²) >= 11 is 6.09. The van der Waals surface area contributed by atoms with Crippen molar-refractivity contribution in [3.8, 4) is 11.5 Å². The zero-order valence-electron chi connectivity index (χ0n) is 17.4. The average molecular weight is 484 g/mol. The molecule has 10 nitrogen and oxygen atoms in total. The van der Waals surface area contributed by atoms with Crippen LogP contribution in [0.25, 0.3) is 0 Å². The molecule has 1 aliphatic rings. The van der Waals surface area contributed by atoms with Crippen molar-refractivity contribution in [1.82, 2.24) is 9.62 Å². The van der Waals surface area contributed by atoms with Gasteiger partial charge in [-0.25, -0.2) is 8.42 Å². The van der Waals surface area contributed by atoms with E-state index in [1.165, 1.54) is 55.3 Å². The molecule has 0 saturated carbocycles. The Balaban J connectivity index is 1.71. The Kier molecular flexibility index (Phi) is 7.22. The first-order valence-corrected chi connectivity index (χ1v) is 11.5. The molecular weight excluding hydrogens is 462 g/mol. The SMILES string of the molecule is C[C@H](NS(=O)(=O)c1ccc2c(c1)OCCCO2)C(=O)N(C)Cc1cc([N+](=O)[O-])ccc1Cl. The van der Waals surface area contributed by atoms with Crippen molar-refractivity contribution in [1.29, 1.82) is 0 Å². The molecule has 0 fully saturated rings. The van der Waals surface area contributed by atoms with E-state index < -0.39 is 26.9 Å². The average Bonchev–Trinajstić information content (AvgIpc) is 2.99. The summed E-state index contributed by atoms with van der Waals surface area (Å²) in [6, 6.07) is 7.06. The van der Waals surface area contributed by atoms with Crippen molar-refractivity contribution >= 4 is 33.2 Å². The largest absolute Gasteiger partial charge is 0.490 e. The maximum Gasteiger partial charge on any atom is 0.269 e.